The molecule has 1 heterocycles. The number of nitrogens with two attached hydrogens (primary N) is 1. The molecule has 0 saturated carbocycles. The average Bonchev–Trinajstić information content (AvgIpc) is 2.54. The maximum atomic E-state index is 13.8. The maximum Gasteiger partial charge on any atom is 0.189 e. The quantitative estimate of drug-likeness (QED) is 0.781. The van der Waals surface area contributed by atoms with Crippen molar-refractivity contribution in [2.24, 2.45) is 5.73 Å². The summed E-state index contributed by atoms with van der Waals surface area (Å²) in [5.74, 6) is -0.248. The third kappa shape index (κ3) is 2.46. The molecule has 0 fully saturated rings. The summed E-state index contributed by atoms with van der Waals surface area (Å²) in [6.07, 6.45) is 0. The van der Waals surface area contributed by atoms with Crippen LogP contribution in [-0.4, -0.2) is 12.1 Å². The summed E-state index contributed by atoms with van der Waals surface area (Å²) in [5.41, 5.74) is 8.29. The summed E-state index contributed by atoms with van der Waals surface area (Å²) in [4.78, 5) is 15.2. The maximum absolute atomic E-state index is 13.8. The summed E-state index contributed by atoms with van der Waals surface area (Å²) < 4.78 is 18.7. The second-order valence-electron chi connectivity index (χ2n) is 4.97. The largest absolute Gasteiger partial charge is 0.494 e. The fourth-order valence-corrected chi connectivity index (χ4v) is 2.44. The van der Waals surface area contributed by atoms with Gasteiger partial charge in [0.25, 0.3) is 0 Å². The van der Waals surface area contributed by atoms with E-state index in [1.807, 2.05) is 6.07 Å². The molecule has 3 N–H and O–H groups in total. The van der Waals surface area contributed by atoms with Crippen molar-refractivity contribution in [3.63, 3.8) is 0 Å². The SMILES string of the molecule is COc1ccc(-c2ccc3[nH]c(CN)cc(=O)c3c2)cc1F. The molecule has 0 aliphatic carbocycles. The molecule has 2 aromatic carbocycles. The van der Waals surface area contributed by atoms with Gasteiger partial charge in [-0.05, 0) is 35.4 Å². The van der Waals surface area contributed by atoms with Gasteiger partial charge >= 0.3 is 0 Å². The lowest BCUT2D eigenvalue weighted by atomic mass is 10.0. The topological polar surface area (TPSA) is 68.1 Å². The van der Waals surface area contributed by atoms with E-state index in [1.54, 1.807) is 24.3 Å². The highest BCUT2D eigenvalue weighted by atomic mass is 19.1. The Morgan fingerprint density at radius 1 is 1.14 bits per heavy atom. The second kappa shape index (κ2) is 5.61. The molecule has 1 aromatic heterocycles. The van der Waals surface area contributed by atoms with Gasteiger partial charge in [0.1, 0.15) is 0 Å². The minimum absolute atomic E-state index is 0.106. The van der Waals surface area contributed by atoms with Gasteiger partial charge in [0.2, 0.25) is 0 Å². The van der Waals surface area contributed by atoms with Crippen molar-refractivity contribution in [3.8, 4) is 16.9 Å². The average molecular weight is 298 g/mol. The molecular weight excluding hydrogens is 283 g/mol. The van der Waals surface area contributed by atoms with Crippen LogP contribution in [0.4, 0.5) is 4.39 Å². The lowest BCUT2D eigenvalue weighted by molar-refractivity contribution is 0.386. The van der Waals surface area contributed by atoms with Gasteiger partial charge in [-0.2, -0.15) is 0 Å². The van der Waals surface area contributed by atoms with Crippen LogP contribution in [0.15, 0.2) is 47.3 Å². The van der Waals surface area contributed by atoms with Crippen LogP contribution in [0, 0.1) is 5.82 Å². The Morgan fingerprint density at radius 2 is 1.86 bits per heavy atom. The predicted molar refractivity (Wildman–Crippen MR) is 84.4 cm³/mol. The number of rotatable bonds is 3. The van der Waals surface area contributed by atoms with Crippen LogP contribution in [0.1, 0.15) is 5.69 Å². The lowest BCUT2D eigenvalue weighted by Gasteiger charge is -2.07. The molecule has 5 heteroatoms. The zero-order valence-electron chi connectivity index (χ0n) is 12.0. The van der Waals surface area contributed by atoms with Crippen LogP contribution >= 0.6 is 0 Å². The van der Waals surface area contributed by atoms with E-state index >= 15 is 0 Å². The van der Waals surface area contributed by atoms with E-state index in [4.69, 9.17) is 10.5 Å². The zero-order valence-corrected chi connectivity index (χ0v) is 12.0. The number of nitrogens with one attached hydrogen (secondary N) is 1. The fourth-order valence-electron chi connectivity index (χ4n) is 2.44. The Balaban J connectivity index is 2.14. The van der Waals surface area contributed by atoms with E-state index in [1.165, 1.54) is 19.2 Å². The number of aromatic amines is 1. The summed E-state index contributed by atoms with van der Waals surface area (Å²) >= 11 is 0. The summed E-state index contributed by atoms with van der Waals surface area (Å²) in [5, 5.41) is 0.547. The first kappa shape index (κ1) is 14.3. The van der Waals surface area contributed by atoms with Crippen LogP contribution in [0.5, 0.6) is 5.75 Å². The highest BCUT2D eigenvalue weighted by Crippen LogP contribution is 2.27. The van der Waals surface area contributed by atoms with Gasteiger partial charge in [-0.25, -0.2) is 4.39 Å². The highest BCUT2D eigenvalue weighted by molar-refractivity contribution is 5.84. The van der Waals surface area contributed by atoms with E-state index in [0.717, 1.165) is 5.56 Å². The van der Waals surface area contributed by atoms with Crippen molar-refractivity contribution in [2.75, 3.05) is 7.11 Å². The first-order valence-corrected chi connectivity index (χ1v) is 6.82. The molecule has 3 aromatic rings. The molecule has 0 spiro atoms. The van der Waals surface area contributed by atoms with Gasteiger partial charge in [0.15, 0.2) is 17.0 Å². The van der Waals surface area contributed by atoms with Crippen molar-refractivity contribution < 1.29 is 9.13 Å². The van der Waals surface area contributed by atoms with Crippen molar-refractivity contribution in [2.45, 2.75) is 6.54 Å². The minimum atomic E-state index is -0.438. The lowest BCUT2D eigenvalue weighted by Crippen LogP contribution is -2.08. The van der Waals surface area contributed by atoms with Gasteiger partial charge in [-0.15, -0.1) is 0 Å². The molecule has 0 bridgehead atoms. The number of halogens is 1. The van der Waals surface area contributed by atoms with Crippen molar-refractivity contribution in [3.05, 3.63) is 64.2 Å². The molecule has 0 atom stereocenters. The van der Waals surface area contributed by atoms with Crippen molar-refractivity contribution in [1.82, 2.24) is 4.98 Å². The summed E-state index contributed by atoms with van der Waals surface area (Å²) in [6, 6.07) is 11.6. The Morgan fingerprint density at radius 3 is 2.55 bits per heavy atom. The third-order valence-electron chi connectivity index (χ3n) is 3.59. The number of benzene rings is 2. The molecule has 0 radical (unpaired) electrons. The smallest absolute Gasteiger partial charge is 0.189 e. The standard InChI is InChI=1S/C17H15FN2O2/c1-22-17-5-3-11(7-14(17)18)10-2-4-15-13(6-10)16(21)8-12(9-19)20-15/h2-8H,9,19H2,1H3,(H,20,21). The Labute approximate surface area is 126 Å². The molecule has 0 unspecified atom stereocenters. The van der Waals surface area contributed by atoms with Crippen molar-refractivity contribution >= 4 is 10.9 Å². The molecule has 112 valence electrons. The van der Waals surface area contributed by atoms with E-state index in [9.17, 15) is 9.18 Å². The van der Waals surface area contributed by atoms with Crippen LogP contribution in [0.25, 0.3) is 22.0 Å². The Hall–Kier alpha value is -2.66. The normalized spacial score (nSPS) is 10.9. The van der Waals surface area contributed by atoms with Gasteiger partial charge < -0.3 is 15.5 Å². The monoisotopic (exact) mass is 298 g/mol. The number of H-pyrrole nitrogens is 1. The number of aromatic nitrogens is 1. The van der Waals surface area contributed by atoms with E-state index in [0.29, 0.717) is 22.2 Å². The molecule has 0 saturated heterocycles. The Kier molecular flexibility index (Phi) is 3.65. The van der Waals surface area contributed by atoms with Crippen LogP contribution < -0.4 is 15.9 Å². The van der Waals surface area contributed by atoms with Gasteiger partial charge in [0, 0.05) is 29.2 Å². The number of fused-ring (bicyclic) bond motifs is 1. The number of ether oxygens (including phenoxy) is 1. The number of methoxy groups -OCH3 is 1. The second-order valence-corrected chi connectivity index (χ2v) is 4.97. The summed E-state index contributed by atoms with van der Waals surface area (Å²) in [6.45, 7) is 0.274. The summed E-state index contributed by atoms with van der Waals surface area (Å²) in [7, 11) is 1.42. The zero-order chi connectivity index (χ0) is 15.7. The molecule has 0 aliphatic heterocycles. The van der Waals surface area contributed by atoms with E-state index < -0.39 is 5.82 Å². The molecule has 3 rings (SSSR count). The van der Waals surface area contributed by atoms with E-state index in [-0.39, 0.29) is 17.7 Å². The molecule has 22 heavy (non-hydrogen) atoms. The first-order chi connectivity index (χ1) is 10.6. The minimum Gasteiger partial charge on any atom is -0.494 e. The predicted octanol–water partition coefficient (Wildman–Crippen LogP) is 2.80. The molecule has 0 aliphatic rings. The number of pyridine rings is 1. The molecule has 4 nitrogen and oxygen atoms in total. The molecule has 0 amide bonds. The van der Waals surface area contributed by atoms with Crippen LogP contribution in [-0.2, 0) is 6.54 Å². The van der Waals surface area contributed by atoms with Gasteiger partial charge in [-0.1, -0.05) is 12.1 Å². The highest BCUT2D eigenvalue weighted by Gasteiger charge is 2.08. The van der Waals surface area contributed by atoms with Crippen LogP contribution in [0.2, 0.25) is 0 Å². The number of hydrogen-bond acceptors (Lipinski definition) is 3. The first-order valence-electron chi connectivity index (χ1n) is 6.82. The number of hydrogen-bond donors (Lipinski definition) is 2. The fraction of sp³-hybridized carbons (Fsp3) is 0.118. The van der Waals surface area contributed by atoms with Crippen molar-refractivity contribution in [1.29, 1.82) is 0 Å². The third-order valence-corrected chi connectivity index (χ3v) is 3.59. The van der Waals surface area contributed by atoms with Crippen LogP contribution in [0.3, 0.4) is 0 Å². The Bertz CT molecular complexity index is 903. The molecular formula is C17H15FN2O2. The van der Waals surface area contributed by atoms with Gasteiger partial charge in [-0.3, -0.25) is 4.79 Å². The van der Waals surface area contributed by atoms with Gasteiger partial charge in [0.05, 0.1) is 7.11 Å². The van der Waals surface area contributed by atoms with E-state index in [2.05, 4.69) is 4.98 Å².